The number of pyridine rings is 1. The molecule has 0 amide bonds. The summed E-state index contributed by atoms with van der Waals surface area (Å²) in [5.74, 6) is 0.279. The van der Waals surface area contributed by atoms with Gasteiger partial charge in [0.05, 0.1) is 23.4 Å². The topological polar surface area (TPSA) is 22.1 Å². The first-order valence-electron chi connectivity index (χ1n) is 2.70. The number of ether oxygens (including phenoxy) is 1. The molecule has 0 atom stereocenters. The molecule has 0 aliphatic carbocycles. The quantitative estimate of drug-likeness (QED) is 0.714. The Kier molecular flexibility index (Phi) is 2.82. The molecule has 0 spiro atoms. The lowest BCUT2D eigenvalue weighted by Gasteiger charge is -2.02. The maximum Gasteiger partial charge on any atom is 0.233 e. The van der Waals surface area contributed by atoms with Crippen LogP contribution in [-0.4, -0.2) is 12.1 Å². The van der Waals surface area contributed by atoms with Gasteiger partial charge in [-0.3, -0.25) is 0 Å². The molecule has 0 fully saturated rings. The number of halogens is 3. The molecule has 1 rings (SSSR count). The van der Waals surface area contributed by atoms with E-state index in [2.05, 4.69) is 4.98 Å². The maximum atomic E-state index is 5.69. The highest BCUT2D eigenvalue weighted by Crippen LogP contribution is 2.34. The van der Waals surface area contributed by atoms with Gasteiger partial charge >= 0.3 is 0 Å². The Hall–Kier alpha value is -0.180. The number of methoxy groups -OCH3 is 1. The fourth-order valence-corrected chi connectivity index (χ4v) is 1.12. The first kappa shape index (κ1) is 8.91. The van der Waals surface area contributed by atoms with Gasteiger partial charge in [-0.2, -0.15) is 0 Å². The van der Waals surface area contributed by atoms with Crippen LogP contribution in [0.3, 0.4) is 0 Å². The molecule has 0 N–H and O–H groups in total. The third-order valence-electron chi connectivity index (χ3n) is 1.08. The van der Waals surface area contributed by atoms with Crippen molar-refractivity contribution in [2.75, 3.05) is 7.11 Å². The van der Waals surface area contributed by atoms with Crippen LogP contribution < -0.4 is 4.74 Å². The molecule has 2 nitrogen and oxygen atoms in total. The molecule has 0 aliphatic heterocycles. The van der Waals surface area contributed by atoms with E-state index in [1.807, 2.05) is 0 Å². The average molecular weight is 212 g/mol. The molecule has 0 unspecified atom stereocenters. The molecule has 0 radical (unpaired) electrons. The Morgan fingerprint density at radius 2 is 1.91 bits per heavy atom. The molecule has 1 aromatic rings. The maximum absolute atomic E-state index is 5.69. The van der Waals surface area contributed by atoms with Crippen molar-refractivity contribution in [3.05, 3.63) is 21.3 Å². The van der Waals surface area contributed by atoms with Crippen LogP contribution in [0.4, 0.5) is 0 Å². The fourth-order valence-electron chi connectivity index (χ4n) is 0.570. The largest absolute Gasteiger partial charge is 0.480 e. The van der Waals surface area contributed by atoms with Crippen molar-refractivity contribution in [3.8, 4) is 5.88 Å². The van der Waals surface area contributed by atoms with E-state index in [1.54, 1.807) is 0 Å². The van der Waals surface area contributed by atoms with Crippen molar-refractivity contribution in [3.63, 3.8) is 0 Å². The second-order valence-corrected chi connectivity index (χ2v) is 2.91. The summed E-state index contributed by atoms with van der Waals surface area (Å²) in [7, 11) is 1.46. The predicted molar refractivity (Wildman–Crippen MR) is 45.8 cm³/mol. The van der Waals surface area contributed by atoms with E-state index in [9.17, 15) is 0 Å². The minimum Gasteiger partial charge on any atom is -0.480 e. The van der Waals surface area contributed by atoms with Crippen molar-refractivity contribution in [2.45, 2.75) is 0 Å². The highest BCUT2D eigenvalue weighted by Gasteiger charge is 2.09. The average Bonchev–Trinajstić information content (AvgIpc) is 2.01. The van der Waals surface area contributed by atoms with E-state index < -0.39 is 0 Å². The van der Waals surface area contributed by atoms with Crippen molar-refractivity contribution in [1.29, 1.82) is 0 Å². The van der Waals surface area contributed by atoms with Gasteiger partial charge in [0.2, 0.25) is 5.88 Å². The Labute approximate surface area is 79.0 Å². The summed E-state index contributed by atoms with van der Waals surface area (Å²) in [6, 6.07) is 0. The summed E-state index contributed by atoms with van der Waals surface area (Å²) in [4.78, 5) is 3.79. The zero-order valence-electron chi connectivity index (χ0n) is 5.57. The molecule has 11 heavy (non-hydrogen) atoms. The Morgan fingerprint density at radius 3 is 2.45 bits per heavy atom. The van der Waals surface area contributed by atoms with E-state index >= 15 is 0 Å². The lowest BCUT2D eigenvalue weighted by Crippen LogP contribution is -1.88. The summed E-state index contributed by atoms with van der Waals surface area (Å²) >= 11 is 17.0. The normalized spacial score (nSPS) is 9.82. The monoisotopic (exact) mass is 211 g/mol. The van der Waals surface area contributed by atoms with E-state index in [-0.39, 0.29) is 15.9 Å². The summed E-state index contributed by atoms with van der Waals surface area (Å²) < 4.78 is 4.79. The number of hydrogen-bond donors (Lipinski definition) is 0. The lowest BCUT2D eigenvalue weighted by atomic mass is 10.5. The predicted octanol–water partition coefficient (Wildman–Crippen LogP) is 3.05. The van der Waals surface area contributed by atoms with E-state index in [1.165, 1.54) is 13.3 Å². The number of aromatic nitrogens is 1. The third-order valence-corrected chi connectivity index (χ3v) is 2.30. The summed E-state index contributed by atoms with van der Waals surface area (Å²) in [6.07, 6.45) is 1.38. The molecular formula is C6H4Cl3NO. The number of hydrogen-bond acceptors (Lipinski definition) is 2. The molecular weight excluding hydrogens is 208 g/mol. The van der Waals surface area contributed by atoms with E-state index in [0.29, 0.717) is 5.02 Å². The molecule has 0 aromatic carbocycles. The van der Waals surface area contributed by atoms with Crippen LogP contribution in [0.1, 0.15) is 0 Å². The second-order valence-electron chi connectivity index (χ2n) is 1.74. The van der Waals surface area contributed by atoms with Crippen molar-refractivity contribution >= 4 is 34.8 Å². The van der Waals surface area contributed by atoms with Crippen LogP contribution >= 0.6 is 34.8 Å². The standard InChI is InChI=1S/C6H4Cl3NO/c1-11-6-5(9)4(8)3(7)2-10-6/h2H,1H3. The molecule has 0 saturated carbocycles. The highest BCUT2D eigenvalue weighted by molar-refractivity contribution is 6.48. The SMILES string of the molecule is COc1ncc(Cl)c(Cl)c1Cl. The van der Waals surface area contributed by atoms with Gasteiger partial charge in [0.1, 0.15) is 5.02 Å². The summed E-state index contributed by atoms with van der Waals surface area (Å²) in [6.45, 7) is 0. The first-order chi connectivity index (χ1) is 5.16. The van der Waals surface area contributed by atoms with Crippen LogP contribution in [0.5, 0.6) is 5.88 Å². The van der Waals surface area contributed by atoms with Crippen molar-refractivity contribution in [1.82, 2.24) is 4.98 Å². The minimum absolute atomic E-state index is 0.238. The zero-order valence-corrected chi connectivity index (χ0v) is 7.83. The van der Waals surface area contributed by atoms with Gasteiger partial charge in [0.25, 0.3) is 0 Å². The van der Waals surface area contributed by atoms with Crippen molar-refractivity contribution < 1.29 is 4.74 Å². The molecule has 0 saturated heterocycles. The van der Waals surface area contributed by atoms with Gasteiger partial charge in [-0.05, 0) is 0 Å². The Morgan fingerprint density at radius 1 is 1.27 bits per heavy atom. The molecule has 5 heteroatoms. The minimum atomic E-state index is 0.238. The summed E-state index contributed by atoms with van der Waals surface area (Å²) in [5, 5.41) is 0.819. The molecule has 0 aliphatic rings. The zero-order chi connectivity index (χ0) is 8.43. The second kappa shape index (κ2) is 3.48. The van der Waals surface area contributed by atoms with Gasteiger partial charge in [-0.15, -0.1) is 0 Å². The summed E-state index contributed by atoms with van der Waals surface area (Å²) in [5.41, 5.74) is 0. The fraction of sp³-hybridized carbons (Fsp3) is 0.167. The Balaban J connectivity index is 3.25. The van der Waals surface area contributed by atoms with Gasteiger partial charge in [0, 0.05) is 0 Å². The number of rotatable bonds is 1. The van der Waals surface area contributed by atoms with Gasteiger partial charge < -0.3 is 4.74 Å². The number of nitrogens with zero attached hydrogens (tertiary/aromatic N) is 1. The van der Waals surface area contributed by atoms with Crippen LogP contribution in [0.25, 0.3) is 0 Å². The van der Waals surface area contributed by atoms with E-state index in [0.717, 1.165) is 0 Å². The van der Waals surface area contributed by atoms with Crippen LogP contribution in [0.15, 0.2) is 6.20 Å². The first-order valence-corrected chi connectivity index (χ1v) is 3.83. The molecule has 60 valence electrons. The third kappa shape index (κ3) is 1.70. The smallest absolute Gasteiger partial charge is 0.233 e. The lowest BCUT2D eigenvalue weighted by molar-refractivity contribution is 0.398. The van der Waals surface area contributed by atoms with Crippen LogP contribution in [0.2, 0.25) is 15.1 Å². The van der Waals surface area contributed by atoms with Gasteiger partial charge in [0.15, 0.2) is 0 Å². The van der Waals surface area contributed by atoms with Crippen LogP contribution in [-0.2, 0) is 0 Å². The van der Waals surface area contributed by atoms with Crippen molar-refractivity contribution in [2.24, 2.45) is 0 Å². The van der Waals surface area contributed by atoms with Crippen LogP contribution in [0, 0.1) is 0 Å². The molecule has 0 bridgehead atoms. The van der Waals surface area contributed by atoms with Gasteiger partial charge in [-0.1, -0.05) is 34.8 Å². The van der Waals surface area contributed by atoms with Gasteiger partial charge in [-0.25, -0.2) is 4.98 Å². The molecule has 1 heterocycles. The molecule has 1 aromatic heterocycles. The Bertz CT molecular complexity index is 277. The van der Waals surface area contributed by atoms with E-state index in [4.69, 9.17) is 39.5 Å². The highest BCUT2D eigenvalue weighted by atomic mass is 35.5.